The van der Waals surface area contributed by atoms with Crippen molar-refractivity contribution in [2.75, 3.05) is 5.32 Å². The topological polar surface area (TPSA) is 12.0 Å². The molecule has 37 heavy (non-hydrogen) atoms. The Morgan fingerprint density at radius 3 is 1.41 bits per heavy atom. The molecule has 0 heterocycles. The highest BCUT2D eigenvalue weighted by Gasteiger charge is 2.13. The quantitative estimate of drug-likeness (QED) is 0.244. The Labute approximate surface area is 221 Å². The summed E-state index contributed by atoms with van der Waals surface area (Å²) in [6.07, 6.45) is 1.83. The lowest BCUT2D eigenvalue weighted by Crippen LogP contribution is -2.10. The van der Waals surface area contributed by atoms with E-state index in [1.54, 1.807) is 0 Å². The molecule has 0 saturated carbocycles. The molecule has 0 fully saturated rings. The Morgan fingerprint density at radius 1 is 0.459 bits per heavy atom. The van der Waals surface area contributed by atoms with Crippen LogP contribution in [0.25, 0.3) is 11.1 Å². The second-order valence-corrected chi connectivity index (χ2v) is 10.8. The van der Waals surface area contributed by atoms with E-state index in [1.807, 2.05) is 0 Å². The van der Waals surface area contributed by atoms with E-state index in [0.29, 0.717) is 0 Å². The monoisotopic (exact) mass is 481 g/mol. The molecule has 0 atom stereocenters. The summed E-state index contributed by atoms with van der Waals surface area (Å²) >= 11 is 0. The molecule has 1 N–H and O–H groups in total. The molecule has 0 spiro atoms. The summed E-state index contributed by atoms with van der Waals surface area (Å²) in [5.74, 6) is 0. The van der Waals surface area contributed by atoms with Crippen molar-refractivity contribution in [2.45, 2.75) is 39.0 Å². The maximum atomic E-state index is 3.54. The summed E-state index contributed by atoms with van der Waals surface area (Å²) in [7, 11) is 0. The second kappa shape index (κ2) is 10.9. The summed E-state index contributed by atoms with van der Waals surface area (Å²) in [5, 5.41) is 3.54. The third-order valence-electron chi connectivity index (χ3n) is 6.95. The summed E-state index contributed by atoms with van der Waals surface area (Å²) in [6, 6.07) is 45.9. The summed E-state index contributed by atoms with van der Waals surface area (Å²) < 4.78 is 0. The van der Waals surface area contributed by atoms with Gasteiger partial charge >= 0.3 is 0 Å². The van der Waals surface area contributed by atoms with E-state index in [4.69, 9.17) is 0 Å². The van der Waals surface area contributed by atoms with Gasteiger partial charge in [-0.15, -0.1) is 0 Å². The van der Waals surface area contributed by atoms with E-state index in [9.17, 15) is 0 Å². The number of nitrogens with one attached hydrogen (secondary N) is 1. The van der Waals surface area contributed by atoms with Crippen molar-refractivity contribution in [2.24, 2.45) is 0 Å². The SMILES string of the molecule is CC(C)(C)c1ccc(Nc2ccc(Cc3ccccc3-c3ccccc3Cc3ccccc3)cc2)cc1. The first-order valence-electron chi connectivity index (χ1n) is 13.1. The molecule has 0 amide bonds. The average Bonchev–Trinajstić information content (AvgIpc) is 2.91. The molecule has 0 saturated heterocycles. The van der Waals surface area contributed by atoms with Gasteiger partial charge in [0.1, 0.15) is 0 Å². The maximum absolute atomic E-state index is 3.54. The summed E-state index contributed by atoms with van der Waals surface area (Å²) in [6.45, 7) is 6.73. The Kier molecular flexibility index (Phi) is 7.23. The molecule has 184 valence electrons. The third-order valence-corrected chi connectivity index (χ3v) is 6.95. The number of rotatable bonds is 7. The minimum absolute atomic E-state index is 0.165. The van der Waals surface area contributed by atoms with Gasteiger partial charge in [0.2, 0.25) is 0 Å². The van der Waals surface area contributed by atoms with Crippen LogP contribution in [0.4, 0.5) is 11.4 Å². The van der Waals surface area contributed by atoms with Crippen LogP contribution in [0.5, 0.6) is 0 Å². The van der Waals surface area contributed by atoms with Gasteiger partial charge in [-0.1, -0.05) is 124 Å². The molecular weight excluding hydrogens is 446 g/mol. The normalized spacial score (nSPS) is 11.3. The van der Waals surface area contributed by atoms with Gasteiger partial charge in [-0.2, -0.15) is 0 Å². The van der Waals surface area contributed by atoms with Gasteiger partial charge in [0, 0.05) is 11.4 Å². The van der Waals surface area contributed by atoms with Gasteiger partial charge < -0.3 is 5.32 Å². The Balaban J connectivity index is 1.34. The van der Waals surface area contributed by atoms with E-state index in [2.05, 4.69) is 153 Å². The number of hydrogen-bond donors (Lipinski definition) is 1. The highest BCUT2D eigenvalue weighted by molar-refractivity contribution is 5.72. The fourth-order valence-electron chi connectivity index (χ4n) is 4.84. The van der Waals surface area contributed by atoms with Crippen LogP contribution in [0, 0.1) is 0 Å². The van der Waals surface area contributed by atoms with Gasteiger partial charge in [0.05, 0.1) is 0 Å². The Hall–Kier alpha value is -4.10. The Bertz CT molecular complexity index is 1440. The second-order valence-electron chi connectivity index (χ2n) is 10.8. The van der Waals surface area contributed by atoms with E-state index < -0.39 is 0 Å². The largest absolute Gasteiger partial charge is 0.356 e. The minimum Gasteiger partial charge on any atom is -0.356 e. The predicted octanol–water partition coefficient (Wildman–Crippen LogP) is 9.58. The van der Waals surface area contributed by atoms with Gasteiger partial charge in [0.15, 0.2) is 0 Å². The van der Waals surface area contributed by atoms with Crippen molar-refractivity contribution in [3.05, 3.63) is 155 Å². The Morgan fingerprint density at radius 2 is 0.892 bits per heavy atom. The number of benzene rings is 5. The first kappa shape index (κ1) is 24.6. The maximum Gasteiger partial charge on any atom is 0.0384 e. The molecule has 0 radical (unpaired) electrons. The average molecular weight is 482 g/mol. The predicted molar refractivity (Wildman–Crippen MR) is 159 cm³/mol. The molecule has 0 unspecified atom stereocenters. The van der Waals surface area contributed by atoms with Crippen LogP contribution in [0.3, 0.4) is 0 Å². The third kappa shape index (κ3) is 6.19. The summed E-state index contributed by atoms with van der Waals surface area (Å²) in [5.41, 5.74) is 11.7. The molecule has 5 rings (SSSR count). The van der Waals surface area contributed by atoms with Crippen LogP contribution in [-0.4, -0.2) is 0 Å². The molecule has 0 aliphatic heterocycles. The smallest absolute Gasteiger partial charge is 0.0384 e. The van der Waals surface area contributed by atoms with E-state index in [1.165, 1.54) is 38.9 Å². The van der Waals surface area contributed by atoms with Crippen molar-refractivity contribution < 1.29 is 0 Å². The molecular formula is C36H35N. The van der Waals surface area contributed by atoms with Crippen molar-refractivity contribution in [1.82, 2.24) is 0 Å². The van der Waals surface area contributed by atoms with Crippen molar-refractivity contribution >= 4 is 11.4 Å². The van der Waals surface area contributed by atoms with Crippen LogP contribution in [-0.2, 0) is 18.3 Å². The molecule has 0 aliphatic rings. The first-order chi connectivity index (χ1) is 18.0. The van der Waals surface area contributed by atoms with Crippen LogP contribution in [0.1, 0.15) is 48.6 Å². The number of anilines is 2. The molecule has 5 aromatic rings. The molecule has 5 aromatic carbocycles. The summed E-state index contributed by atoms with van der Waals surface area (Å²) in [4.78, 5) is 0. The zero-order valence-corrected chi connectivity index (χ0v) is 22.0. The van der Waals surface area contributed by atoms with Crippen molar-refractivity contribution in [3.8, 4) is 11.1 Å². The fraction of sp³-hybridized carbons (Fsp3) is 0.167. The number of hydrogen-bond acceptors (Lipinski definition) is 1. The highest BCUT2D eigenvalue weighted by Crippen LogP contribution is 2.31. The van der Waals surface area contributed by atoms with Gasteiger partial charge in [-0.05, 0) is 81.5 Å². The molecule has 1 heteroatoms. The zero-order valence-electron chi connectivity index (χ0n) is 22.0. The lowest BCUT2D eigenvalue weighted by molar-refractivity contribution is 0.590. The van der Waals surface area contributed by atoms with Crippen LogP contribution >= 0.6 is 0 Å². The molecule has 0 aliphatic carbocycles. The standard InChI is InChI=1S/C36H35N/c1-36(2,3)31-19-23-33(24-20-31)37-32-21-17-28(18-22-32)26-30-14-8-10-16-35(30)34-15-9-7-13-29(34)25-27-11-5-4-6-12-27/h4-24,37H,25-26H2,1-3H3. The van der Waals surface area contributed by atoms with Crippen molar-refractivity contribution in [1.29, 1.82) is 0 Å². The van der Waals surface area contributed by atoms with Gasteiger partial charge in [0.25, 0.3) is 0 Å². The zero-order chi connectivity index (χ0) is 25.7. The van der Waals surface area contributed by atoms with E-state index in [-0.39, 0.29) is 5.41 Å². The highest BCUT2D eigenvalue weighted by atomic mass is 14.9. The molecule has 0 aromatic heterocycles. The fourth-order valence-corrected chi connectivity index (χ4v) is 4.84. The van der Waals surface area contributed by atoms with Gasteiger partial charge in [-0.25, -0.2) is 0 Å². The van der Waals surface area contributed by atoms with E-state index in [0.717, 1.165) is 24.2 Å². The minimum atomic E-state index is 0.165. The van der Waals surface area contributed by atoms with E-state index >= 15 is 0 Å². The van der Waals surface area contributed by atoms with Crippen LogP contribution < -0.4 is 5.32 Å². The van der Waals surface area contributed by atoms with Crippen molar-refractivity contribution in [3.63, 3.8) is 0 Å². The van der Waals surface area contributed by atoms with Crippen LogP contribution in [0.15, 0.2) is 127 Å². The van der Waals surface area contributed by atoms with Gasteiger partial charge in [-0.3, -0.25) is 0 Å². The molecule has 1 nitrogen and oxygen atoms in total. The van der Waals surface area contributed by atoms with Crippen LogP contribution in [0.2, 0.25) is 0 Å². The lowest BCUT2D eigenvalue weighted by Gasteiger charge is -2.19. The molecule has 0 bridgehead atoms. The lowest BCUT2D eigenvalue weighted by atomic mass is 9.87. The first-order valence-corrected chi connectivity index (χ1v) is 13.1.